The molecule has 5 nitrogen and oxygen atoms in total. The lowest BCUT2D eigenvalue weighted by Crippen LogP contribution is -2.25. The summed E-state index contributed by atoms with van der Waals surface area (Å²) >= 11 is 1.42. The monoisotopic (exact) mass is 355 g/mol. The molecule has 0 radical (unpaired) electrons. The van der Waals surface area contributed by atoms with Gasteiger partial charge in [-0.15, -0.1) is 11.8 Å². The third kappa shape index (κ3) is 3.91. The van der Waals surface area contributed by atoms with E-state index in [1.54, 1.807) is 37.3 Å². The highest BCUT2D eigenvalue weighted by atomic mass is 32.2. The van der Waals surface area contributed by atoms with E-state index in [-0.39, 0.29) is 11.7 Å². The van der Waals surface area contributed by atoms with Crippen molar-refractivity contribution in [3.05, 3.63) is 59.2 Å². The molecule has 0 saturated carbocycles. The number of esters is 1. The van der Waals surface area contributed by atoms with Gasteiger partial charge >= 0.3 is 5.97 Å². The Morgan fingerprint density at radius 1 is 1.12 bits per heavy atom. The van der Waals surface area contributed by atoms with E-state index in [0.29, 0.717) is 22.6 Å². The second-order valence-electron chi connectivity index (χ2n) is 5.83. The van der Waals surface area contributed by atoms with Gasteiger partial charge in [0.05, 0.1) is 17.0 Å². The van der Waals surface area contributed by atoms with Crippen molar-refractivity contribution in [3.8, 4) is 0 Å². The molecule has 1 amide bonds. The molecule has 1 atom stereocenters. The maximum absolute atomic E-state index is 12.4. The minimum Gasteiger partial charge on any atom is -0.451 e. The molecule has 0 aromatic heterocycles. The molecule has 128 valence electrons. The van der Waals surface area contributed by atoms with E-state index in [0.717, 1.165) is 10.5 Å². The van der Waals surface area contributed by atoms with Crippen molar-refractivity contribution in [3.63, 3.8) is 0 Å². The number of carbonyl (C=O) groups excluding carboxylic acids is 3. The van der Waals surface area contributed by atoms with E-state index in [1.165, 1.54) is 11.8 Å². The molecule has 1 aliphatic rings. The molecule has 0 fully saturated rings. The second-order valence-corrected chi connectivity index (χ2v) is 6.84. The van der Waals surface area contributed by atoms with Gasteiger partial charge in [0.1, 0.15) is 0 Å². The summed E-state index contributed by atoms with van der Waals surface area (Å²) in [6.07, 6.45) is -0.893. The molecule has 2 aromatic carbocycles. The van der Waals surface area contributed by atoms with Gasteiger partial charge in [0, 0.05) is 10.5 Å². The maximum Gasteiger partial charge on any atom is 0.338 e. The van der Waals surface area contributed by atoms with Gasteiger partial charge < -0.3 is 10.1 Å². The summed E-state index contributed by atoms with van der Waals surface area (Å²) in [4.78, 5) is 37.0. The number of ether oxygens (including phenoxy) is 1. The minimum absolute atomic E-state index is 0.106. The number of hydrogen-bond donors (Lipinski definition) is 1. The quantitative estimate of drug-likeness (QED) is 0.672. The largest absolute Gasteiger partial charge is 0.451 e. The van der Waals surface area contributed by atoms with Crippen LogP contribution >= 0.6 is 11.8 Å². The number of benzene rings is 2. The summed E-state index contributed by atoms with van der Waals surface area (Å²) < 4.78 is 5.29. The Morgan fingerprint density at radius 3 is 2.52 bits per heavy atom. The van der Waals surface area contributed by atoms with Crippen LogP contribution in [-0.4, -0.2) is 29.5 Å². The van der Waals surface area contributed by atoms with Gasteiger partial charge in [-0.25, -0.2) is 4.79 Å². The van der Waals surface area contributed by atoms with Gasteiger partial charge in [-0.2, -0.15) is 0 Å². The number of anilines is 1. The number of Topliss-reactive ketones (excluding diaryl/α,β-unsaturated/α-hetero) is 1. The number of thioether (sulfide) groups is 1. The summed E-state index contributed by atoms with van der Waals surface area (Å²) in [7, 11) is 0. The van der Waals surface area contributed by atoms with Crippen LogP contribution < -0.4 is 5.32 Å². The highest BCUT2D eigenvalue weighted by Gasteiger charge is 2.22. The predicted octanol–water partition coefficient (Wildman–Crippen LogP) is 3.47. The lowest BCUT2D eigenvalue weighted by Gasteiger charge is -2.17. The Balaban J connectivity index is 1.71. The highest BCUT2D eigenvalue weighted by molar-refractivity contribution is 8.00. The Hall–Kier alpha value is -2.60. The van der Waals surface area contributed by atoms with Gasteiger partial charge in [-0.3, -0.25) is 9.59 Å². The van der Waals surface area contributed by atoms with Crippen molar-refractivity contribution in [2.45, 2.75) is 24.8 Å². The van der Waals surface area contributed by atoms with E-state index >= 15 is 0 Å². The lowest BCUT2D eigenvalue weighted by atomic mass is 10.1. The number of ketones is 1. The minimum atomic E-state index is -0.893. The van der Waals surface area contributed by atoms with Gasteiger partial charge in [0.25, 0.3) is 0 Å². The van der Waals surface area contributed by atoms with Crippen LogP contribution in [0.5, 0.6) is 0 Å². The first-order valence-corrected chi connectivity index (χ1v) is 8.81. The van der Waals surface area contributed by atoms with Gasteiger partial charge in [0.2, 0.25) is 11.7 Å². The molecule has 1 N–H and O–H groups in total. The van der Waals surface area contributed by atoms with E-state index in [4.69, 9.17) is 4.74 Å². The molecule has 2 aromatic rings. The third-order valence-electron chi connectivity index (χ3n) is 3.84. The Labute approximate surface area is 149 Å². The van der Waals surface area contributed by atoms with Crippen molar-refractivity contribution in [2.24, 2.45) is 0 Å². The standard InChI is InChI=1S/C19H17NO4S/c1-11-3-5-13(6-4-11)18(22)12(2)24-19(23)14-7-8-16-15(9-14)20-17(21)10-25-16/h3-9,12H,10H2,1-2H3,(H,20,21). The number of fused-ring (bicyclic) bond motifs is 1. The van der Waals surface area contributed by atoms with Crippen LogP contribution in [0.4, 0.5) is 5.69 Å². The predicted molar refractivity (Wildman–Crippen MR) is 96.2 cm³/mol. The average molecular weight is 355 g/mol. The molecule has 0 spiro atoms. The summed E-state index contributed by atoms with van der Waals surface area (Å²) in [6, 6.07) is 12.1. The fourth-order valence-corrected chi connectivity index (χ4v) is 3.23. The average Bonchev–Trinajstić information content (AvgIpc) is 2.61. The highest BCUT2D eigenvalue weighted by Crippen LogP contribution is 2.32. The molecule has 6 heteroatoms. The zero-order chi connectivity index (χ0) is 18.0. The molecule has 1 heterocycles. The number of aryl methyl sites for hydroxylation is 1. The number of carbonyl (C=O) groups is 3. The molecule has 1 aliphatic heterocycles. The van der Waals surface area contributed by atoms with Crippen LogP contribution in [0.2, 0.25) is 0 Å². The van der Waals surface area contributed by atoms with Crippen LogP contribution in [0.15, 0.2) is 47.4 Å². The Morgan fingerprint density at radius 2 is 1.80 bits per heavy atom. The van der Waals surface area contributed by atoms with Gasteiger partial charge in [-0.1, -0.05) is 29.8 Å². The number of rotatable bonds is 4. The molecular weight excluding hydrogens is 338 g/mol. The first kappa shape index (κ1) is 17.2. The normalized spacial score (nSPS) is 14.2. The molecular formula is C19H17NO4S. The second kappa shape index (κ2) is 7.11. The van der Waals surface area contributed by atoms with Crippen LogP contribution in [0.25, 0.3) is 0 Å². The van der Waals surface area contributed by atoms with Crippen LogP contribution in [0.1, 0.15) is 33.2 Å². The van der Waals surface area contributed by atoms with Crippen molar-refractivity contribution in [1.29, 1.82) is 0 Å². The summed E-state index contributed by atoms with van der Waals surface area (Å²) in [5.41, 5.74) is 2.44. The fourth-order valence-electron chi connectivity index (χ4n) is 2.44. The van der Waals surface area contributed by atoms with E-state index in [1.807, 2.05) is 19.1 Å². The summed E-state index contributed by atoms with van der Waals surface area (Å²) in [5.74, 6) is -0.597. The zero-order valence-corrected chi connectivity index (χ0v) is 14.7. The Kier molecular flexibility index (Phi) is 4.90. The zero-order valence-electron chi connectivity index (χ0n) is 13.9. The third-order valence-corrected chi connectivity index (χ3v) is 4.91. The molecule has 3 rings (SSSR count). The van der Waals surface area contributed by atoms with Crippen molar-refractivity contribution >= 4 is 35.1 Å². The number of hydrogen-bond acceptors (Lipinski definition) is 5. The van der Waals surface area contributed by atoms with Crippen molar-refractivity contribution < 1.29 is 19.1 Å². The molecule has 0 saturated heterocycles. The van der Waals surface area contributed by atoms with E-state index in [2.05, 4.69) is 5.32 Å². The first-order valence-electron chi connectivity index (χ1n) is 7.82. The fraction of sp³-hybridized carbons (Fsp3) is 0.211. The molecule has 0 bridgehead atoms. The topological polar surface area (TPSA) is 72.5 Å². The first-order chi connectivity index (χ1) is 11.9. The van der Waals surface area contributed by atoms with Crippen molar-refractivity contribution in [1.82, 2.24) is 0 Å². The molecule has 1 unspecified atom stereocenters. The smallest absolute Gasteiger partial charge is 0.338 e. The SMILES string of the molecule is Cc1ccc(C(=O)C(C)OC(=O)c2ccc3c(c2)NC(=O)CS3)cc1. The maximum atomic E-state index is 12.4. The van der Waals surface area contributed by atoms with Crippen LogP contribution in [0.3, 0.4) is 0 Å². The van der Waals surface area contributed by atoms with Crippen LogP contribution in [-0.2, 0) is 9.53 Å². The summed E-state index contributed by atoms with van der Waals surface area (Å²) in [5, 5.41) is 2.73. The molecule has 0 aliphatic carbocycles. The van der Waals surface area contributed by atoms with E-state index < -0.39 is 12.1 Å². The van der Waals surface area contributed by atoms with E-state index in [9.17, 15) is 14.4 Å². The number of amides is 1. The van der Waals surface area contributed by atoms with Gasteiger partial charge in [-0.05, 0) is 32.0 Å². The van der Waals surface area contributed by atoms with Gasteiger partial charge in [0.15, 0.2) is 6.10 Å². The summed E-state index contributed by atoms with van der Waals surface area (Å²) in [6.45, 7) is 3.49. The lowest BCUT2D eigenvalue weighted by molar-refractivity contribution is -0.113. The molecule has 25 heavy (non-hydrogen) atoms. The number of nitrogens with one attached hydrogen (secondary N) is 1. The van der Waals surface area contributed by atoms with Crippen molar-refractivity contribution in [2.75, 3.05) is 11.1 Å². The Bertz CT molecular complexity index is 845. The van der Waals surface area contributed by atoms with Crippen LogP contribution in [0, 0.1) is 6.92 Å².